The van der Waals surface area contributed by atoms with E-state index in [-0.39, 0.29) is 18.3 Å². The summed E-state index contributed by atoms with van der Waals surface area (Å²) in [6, 6.07) is 0. The van der Waals surface area contributed by atoms with Gasteiger partial charge in [0.15, 0.2) is 0 Å². The second-order valence-electron chi connectivity index (χ2n) is 4.68. The van der Waals surface area contributed by atoms with Crippen molar-refractivity contribution in [3.05, 3.63) is 0 Å². The lowest BCUT2D eigenvalue weighted by molar-refractivity contribution is -0.127. The zero-order chi connectivity index (χ0) is 11.1. The van der Waals surface area contributed by atoms with Gasteiger partial charge < -0.3 is 11.1 Å². The fourth-order valence-electron chi connectivity index (χ4n) is 2.16. The van der Waals surface area contributed by atoms with Gasteiger partial charge in [0.1, 0.15) is 0 Å². The fourth-order valence-corrected chi connectivity index (χ4v) is 2.16. The van der Waals surface area contributed by atoms with Gasteiger partial charge in [0.2, 0.25) is 5.91 Å². The van der Waals surface area contributed by atoms with Crippen molar-refractivity contribution in [3.63, 3.8) is 0 Å². The summed E-state index contributed by atoms with van der Waals surface area (Å²) in [7, 11) is 0. The molecule has 0 bridgehead atoms. The molecule has 0 heterocycles. The zero-order valence-electron chi connectivity index (χ0n) is 10.3. The fraction of sp³-hybridized carbons (Fsp3) is 0.917. The molecule has 0 atom stereocenters. The normalized spacial score (nSPS) is 18.6. The molecule has 0 aliphatic heterocycles. The predicted molar refractivity (Wildman–Crippen MR) is 69.8 cm³/mol. The first-order chi connectivity index (χ1) is 7.19. The molecular formula is C12H25ClN2O. The third-order valence-corrected chi connectivity index (χ3v) is 3.26. The smallest absolute Gasteiger partial charge is 0.240 e. The van der Waals surface area contributed by atoms with Crippen LogP contribution >= 0.6 is 12.4 Å². The Bertz CT molecular complexity index is 203. The quantitative estimate of drug-likeness (QED) is 0.734. The molecule has 0 aromatic carbocycles. The van der Waals surface area contributed by atoms with Gasteiger partial charge in [0.05, 0.1) is 5.54 Å². The maximum absolute atomic E-state index is 11.8. The van der Waals surface area contributed by atoms with E-state index in [0.717, 1.165) is 38.6 Å². The molecule has 1 amide bonds. The van der Waals surface area contributed by atoms with Crippen LogP contribution in [0.1, 0.15) is 58.3 Å². The van der Waals surface area contributed by atoms with Crippen molar-refractivity contribution in [1.29, 1.82) is 0 Å². The summed E-state index contributed by atoms with van der Waals surface area (Å²) in [6.45, 7) is 2.94. The second-order valence-corrected chi connectivity index (χ2v) is 4.68. The number of hydrogen-bond donors (Lipinski definition) is 2. The molecule has 1 fully saturated rings. The van der Waals surface area contributed by atoms with E-state index in [4.69, 9.17) is 5.73 Å². The van der Waals surface area contributed by atoms with E-state index in [2.05, 4.69) is 12.2 Å². The van der Waals surface area contributed by atoms with Gasteiger partial charge in [0, 0.05) is 6.54 Å². The molecule has 0 aromatic rings. The molecule has 1 aliphatic rings. The SMILES string of the molecule is CCCCCNC(=O)C1(N)CCCCC1.Cl. The Kier molecular flexibility index (Phi) is 7.77. The number of halogens is 1. The number of rotatable bonds is 5. The molecule has 1 aliphatic carbocycles. The number of nitrogens with two attached hydrogens (primary N) is 1. The Morgan fingerprint density at radius 2 is 1.88 bits per heavy atom. The molecule has 3 N–H and O–H groups in total. The van der Waals surface area contributed by atoms with Crippen LogP contribution in [0.2, 0.25) is 0 Å². The maximum Gasteiger partial charge on any atom is 0.240 e. The van der Waals surface area contributed by atoms with Crippen LogP contribution in [0, 0.1) is 0 Å². The van der Waals surface area contributed by atoms with Gasteiger partial charge >= 0.3 is 0 Å². The molecular weight excluding hydrogens is 224 g/mol. The van der Waals surface area contributed by atoms with Crippen LogP contribution in [0.5, 0.6) is 0 Å². The Balaban J connectivity index is 0.00000225. The van der Waals surface area contributed by atoms with Crippen molar-refractivity contribution in [2.24, 2.45) is 5.73 Å². The molecule has 0 saturated heterocycles. The third-order valence-electron chi connectivity index (χ3n) is 3.26. The summed E-state index contributed by atoms with van der Waals surface area (Å²) in [5.74, 6) is 0.0679. The number of carbonyl (C=O) groups excluding carboxylic acids is 1. The monoisotopic (exact) mass is 248 g/mol. The standard InChI is InChI=1S/C12H24N2O.ClH/c1-2-3-7-10-14-11(15)12(13)8-5-4-6-9-12;/h2-10,13H2,1H3,(H,14,15);1H. The van der Waals surface area contributed by atoms with Gasteiger partial charge in [-0.2, -0.15) is 0 Å². The molecule has 0 radical (unpaired) electrons. The predicted octanol–water partition coefficient (Wildman–Crippen LogP) is 2.38. The van der Waals surface area contributed by atoms with E-state index < -0.39 is 5.54 Å². The van der Waals surface area contributed by atoms with Crippen LogP contribution in [0.4, 0.5) is 0 Å². The van der Waals surface area contributed by atoms with E-state index in [9.17, 15) is 4.79 Å². The topological polar surface area (TPSA) is 55.1 Å². The Hall–Kier alpha value is -0.280. The molecule has 96 valence electrons. The number of nitrogens with one attached hydrogen (secondary N) is 1. The van der Waals surface area contributed by atoms with Crippen LogP contribution in [0.3, 0.4) is 0 Å². The highest BCUT2D eigenvalue weighted by Gasteiger charge is 2.34. The number of amides is 1. The first-order valence-electron chi connectivity index (χ1n) is 6.26. The van der Waals surface area contributed by atoms with Crippen LogP contribution in [0.25, 0.3) is 0 Å². The molecule has 4 heteroatoms. The average Bonchev–Trinajstić information content (AvgIpc) is 2.25. The average molecular weight is 249 g/mol. The molecule has 0 unspecified atom stereocenters. The lowest BCUT2D eigenvalue weighted by Gasteiger charge is -2.31. The molecule has 1 saturated carbocycles. The summed E-state index contributed by atoms with van der Waals surface area (Å²) in [4.78, 5) is 11.8. The second kappa shape index (κ2) is 7.91. The first-order valence-corrected chi connectivity index (χ1v) is 6.26. The summed E-state index contributed by atoms with van der Waals surface area (Å²) >= 11 is 0. The maximum atomic E-state index is 11.8. The molecule has 1 rings (SSSR count). The van der Waals surface area contributed by atoms with Crippen LogP contribution in [-0.2, 0) is 4.79 Å². The largest absolute Gasteiger partial charge is 0.355 e. The summed E-state index contributed by atoms with van der Waals surface area (Å²) in [5.41, 5.74) is 5.54. The number of carbonyl (C=O) groups is 1. The number of unbranched alkanes of at least 4 members (excludes halogenated alkanes) is 2. The summed E-state index contributed by atoms with van der Waals surface area (Å²) < 4.78 is 0. The van der Waals surface area contributed by atoms with Crippen molar-refractivity contribution < 1.29 is 4.79 Å². The van der Waals surface area contributed by atoms with E-state index in [0.29, 0.717) is 0 Å². The number of hydrogen-bond acceptors (Lipinski definition) is 2. The van der Waals surface area contributed by atoms with Gasteiger partial charge in [-0.3, -0.25) is 4.79 Å². The Morgan fingerprint density at radius 1 is 1.25 bits per heavy atom. The van der Waals surface area contributed by atoms with Gasteiger partial charge in [-0.15, -0.1) is 12.4 Å². The Morgan fingerprint density at radius 3 is 2.44 bits per heavy atom. The van der Waals surface area contributed by atoms with Crippen molar-refractivity contribution in [2.75, 3.05) is 6.54 Å². The molecule has 16 heavy (non-hydrogen) atoms. The van der Waals surface area contributed by atoms with Crippen LogP contribution in [-0.4, -0.2) is 18.0 Å². The highest BCUT2D eigenvalue weighted by atomic mass is 35.5. The van der Waals surface area contributed by atoms with Crippen molar-refractivity contribution in [1.82, 2.24) is 5.32 Å². The highest BCUT2D eigenvalue weighted by Crippen LogP contribution is 2.25. The van der Waals surface area contributed by atoms with Gasteiger partial charge in [-0.25, -0.2) is 0 Å². The summed E-state index contributed by atoms with van der Waals surface area (Å²) in [5, 5.41) is 2.96. The molecule has 0 aromatic heterocycles. The lowest BCUT2D eigenvalue weighted by atomic mass is 9.82. The van der Waals surface area contributed by atoms with E-state index >= 15 is 0 Å². The lowest BCUT2D eigenvalue weighted by Crippen LogP contribution is -2.55. The zero-order valence-corrected chi connectivity index (χ0v) is 11.1. The van der Waals surface area contributed by atoms with Gasteiger partial charge in [-0.1, -0.05) is 39.0 Å². The third kappa shape index (κ3) is 4.71. The van der Waals surface area contributed by atoms with E-state index in [1.54, 1.807) is 0 Å². The van der Waals surface area contributed by atoms with Gasteiger partial charge in [-0.05, 0) is 19.3 Å². The summed E-state index contributed by atoms with van der Waals surface area (Å²) in [6.07, 6.45) is 8.55. The van der Waals surface area contributed by atoms with Crippen LogP contribution < -0.4 is 11.1 Å². The van der Waals surface area contributed by atoms with Crippen molar-refractivity contribution in [2.45, 2.75) is 63.8 Å². The minimum atomic E-state index is -0.565. The molecule has 3 nitrogen and oxygen atoms in total. The minimum Gasteiger partial charge on any atom is -0.355 e. The van der Waals surface area contributed by atoms with Gasteiger partial charge in [0.25, 0.3) is 0 Å². The first kappa shape index (κ1) is 15.7. The molecule has 0 spiro atoms. The van der Waals surface area contributed by atoms with E-state index in [1.807, 2.05) is 0 Å². The van der Waals surface area contributed by atoms with Crippen LogP contribution in [0.15, 0.2) is 0 Å². The minimum absolute atomic E-state index is 0. The van der Waals surface area contributed by atoms with Crippen molar-refractivity contribution in [3.8, 4) is 0 Å². The van der Waals surface area contributed by atoms with E-state index in [1.165, 1.54) is 19.3 Å². The highest BCUT2D eigenvalue weighted by molar-refractivity contribution is 5.86. The Labute approximate surface area is 105 Å². The van der Waals surface area contributed by atoms with Crippen molar-refractivity contribution >= 4 is 18.3 Å².